The van der Waals surface area contributed by atoms with Crippen LogP contribution in [0, 0.1) is 12.7 Å². The zero-order chi connectivity index (χ0) is 13.5. The quantitative estimate of drug-likeness (QED) is 0.847. The minimum absolute atomic E-state index is 0.0748. The lowest BCUT2D eigenvalue weighted by atomic mass is 9.69. The van der Waals surface area contributed by atoms with Crippen molar-refractivity contribution in [1.82, 2.24) is 4.98 Å². The van der Waals surface area contributed by atoms with Crippen LogP contribution in [0.3, 0.4) is 0 Å². The van der Waals surface area contributed by atoms with Crippen LogP contribution < -0.4 is 5.73 Å². The fourth-order valence-electron chi connectivity index (χ4n) is 3.53. The first kappa shape index (κ1) is 12.7. The van der Waals surface area contributed by atoms with Crippen LogP contribution in [0.4, 0.5) is 4.39 Å². The smallest absolute Gasteiger partial charge is 0.136 e. The van der Waals surface area contributed by atoms with Crippen molar-refractivity contribution in [3.63, 3.8) is 0 Å². The van der Waals surface area contributed by atoms with Gasteiger partial charge in [-0.2, -0.15) is 0 Å². The summed E-state index contributed by atoms with van der Waals surface area (Å²) in [6, 6.07) is 5.82. The molecule has 1 fully saturated rings. The Morgan fingerprint density at radius 3 is 2.68 bits per heavy atom. The van der Waals surface area contributed by atoms with Gasteiger partial charge in [0.1, 0.15) is 5.82 Å². The molecule has 0 atom stereocenters. The molecule has 1 aliphatic rings. The van der Waals surface area contributed by atoms with Gasteiger partial charge in [-0.3, -0.25) is 0 Å². The van der Waals surface area contributed by atoms with Crippen molar-refractivity contribution < 1.29 is 4.39 Å². The molecule has 0 unspecified atom stereocenters. The summed E-state index contributed by atoms with van der Waals surface area (Å²) in [7, 11) is 0. The van der Waals surface area contributed by atoms with Crippen LogP contribution in [0.1, 0.15) is 43.4 Å². The fourth-order valence-corrected chi connectivity index (χ4v) is 3.53. The van der Waals surface area contributed by atoms with E-state index in [4.69, 9.17) is 5.73 Å². The first-order valence-electron chi connectivity index (χ1n) is 7.15. The molecule has 0 bridgehead atoms. The van der Waals surface area contributed by atoms with Gasteiger partial charge in [0.2, 0.25) is 0 Å². The Morgan fingerprint density at radius 1 is 1.26 bits per heavy atom. The number of benzene rings is 1. The van der Waals surface area contributed by atoms with Crippen LogP contribution in [0.15, 0.2) is 18.2 Å². The second-order valence-corrected chi connectivity index (χ2v) is 5.89. The molecule has 1 aliphatic carbocycles. The van der Waals surface area contributed by atoms with Gasteiger partial charge in [0.25, 0.3) is 0 Å². The first-order chi connectivity index (χ1) is 9.16. The van der Waals surface area contributed by atoms with Crippen molar-refractivity contribution in [3.8, 4) is 0 Å². The highest BCUT2D eigenvalue weighted by atomic mass is 19.1. The number of hydrogen-bond donors (Lipinski definition) is 2. The van der Waals surface area contributed by atoms with Crippen LogP contribution in [0.25, 0.3) is 10.9 Å². The van der Waals surface area contributed by atoms with Gasteiger partial charge in [-0.1, -0.05) is 25.3 Å². The molecule has 3 heteroatoms. The predicted molar refractivity (Wildman–Crippen MR) is 76.8 cm³/mol. The molecule has 0 spiro atoms. The van der Waals surface area contributed by atoms with E-state index in [1.54, 1.807) is 0 Å². The number of nitrogens with two attached hydrogens (primary N) is 1. The summed E-state index contributed by atoms with van der Waals surface area (Å²) in [6.07, 6.45) is 5.57. The zero-order valence-electron chi connectivity index (χ0n) is 11.4. The van der Waals surface area contributed by atoms with E-state index < -0.39 is 0 Å². The molecule has 102 valence electrons. The molecule has 3 rings (SSSR count). The van der Waals surface area contributed by atoms with E-state index >= 15 is 0 Å². The summed E-state index contributed by atoms with van der Waals surface area (Å²) in [6.45, 7) is 2.50. The van der Waals surface area contributed by atoms with Crippen molar-refractivity contribution in [2.75, 3.05) is 6.54 Å². The number of rotatable bonds is 2. The maximum atomic E-state index is 14.8. The Balaban J connectivity index is 2.15. The van der Waals surface area contributed by atoms with Crippen molar-refractivity contribution >= 4 is 10.9 Å². The van der Waals surface area contributed by atoms with E-state index in [1.807, 2.05) is 25.1 Å². The van der Waals surface area contributed by atoms with Gasteiger partial charge >= 0.3 is 0 Å². The molecule has 1 aromatic carbocycles. The van der Waals surface area contributed by atoms with E-state index in [1.165, 1.54) is 6.42 Å². The van der Waals surface area contributed by atoms with Crippen molar-refractivity contribution in [3.05, 3.63) is 35.3 Å². The molecule has 2 aromatic rings. The SMILES string of the molecule is Cc1cc2c(F)c(C3(CN)CCCCC3)ccc2[nH]1. The third-order valence-corrected chi connectivity index (χ3v) is 4.65. The number of fused-ring (bicyclic) bond motifs is 1. The number of halogens is 1. The number of aromatic nitrogens is 1. The average molecular weight is 260 g/mol. The van der Waals surface area contributed by atoms with Gasteiger partial charge in [0, 0.05) is 28.6 Å². The molecule has 0 amide bonds. The summed E-state index contributed by atoms with van der Waals surface area (Å²) >= 11 is 0. The number of H-pyrrole nitrogens is 1. The largest absolute Gasteiger partial charge is 0.359 e. The average Bonchev–Trinajstić information content (AvgIpc) is 2.81. The first-order valence-corrected chi connectivity index (χ1v) is 7.15. The normalized spacial score (nSPS) is 18.9. The second-order valence-electron chi connectivity index (χ2n) is 5.89. The molecule has 3 N–H and O–H groups in total. The van der Waals surface area contributed by atoms with Crippen LogP contribution >= 0.6 is 0 Å². The molecule has 2 nitrogen and oxygen atoms in total. The Morgan fingerprint density at radius 2 is 2.00 bits per heavy atom. The lowest BCUT2D eigenvalue weighted by Gasteiger charge is -2.37. The third-order valence-electron chi connectivity index (χ3n) is 4.65. The third kappa shape index (κ3) is 1.96. The molecule has 1 heterocycles. The summed E-state index contributed by atoms with van der Waals surface area (Å²) in [5.74, 6) is -0.0748. The van der Waals surface area contributed by atoms with Gasteiger partial charge in [-0.15, -0.1) is 0 Å². The maximum absolute atomic E-state index is 14.8. The summed E-state index contributed by atoms with van der Waals surface area (Å²) in [5, 5.41) is 0.702. The minimum Gasteiger partial charge on any atom is -0.359 e. The highest BCUT2D eigenvalue weighted by Gasteiger charge is 2.35. The van der Waals surface area contributed by atoms with E-state index in [0.29, 0.717) is 11.9 Å². The van der Waals surface area contributed by atoms with Gasteiger partial charge < -0.3 is 10.7 Å². The number of aryl methyl sites for hydroxylation is 1. The maximum Gasteiger partial charge on any atom is 0.136 e. The van der Waals surface area contributed by atoms with E-state index in [0.717, 1.165) is 42.5 Å². The van der Waals surface area contributed by atoms with Gasteiger partial charge in [0.05, 0.1) is 0 Å². The molecule has 1 aromatic heterocycles. The van der Waals surface area contributed by atoms with E-state index in [9.17, 15) is 4.39 Å². The second kappa shape index (κ2) is 4.64. The highest BCUT2D eigenvalue weighted by molar-refractivity contribution is 5.82. The van der Waals surface area contributed by atoms with Crippen molar-refractivity contribution in [2.45, 2.75) is 44.4 Å². The van der Waals surface area contributed by atoms with Crippen molar-refractivity contribution in [2.24, 2.45) is 5.73 Å². The molecule has 19 heavy (non-hydrogen) atoms. The Kier molecular flexibility index (Phi) is 3.09. The van der Waals surface area contributed by atoms with Crippen LogP contribution in [0.2, 0.25) is 0 Å². The molecule has 0 saturated heterocycles. The van der Waals surface area contributed by atoms with E-state index in [2.05, 4.69) is 4.98 Å². The van der Waals surface area contributed by atoms with Crippen LogP contribution in [0.5, 0.6) is 0 Å². The van der Waals surface area contributed by atoms with E-state index in [-0.39, 0.29) is 11.2 Å². The molecule has 1 saturated carbocycles. The molecular formula is C16H21FN2. The predicted octanol–water partition coefficient (Wildman–Crippen LogP) is 3.78. The zero-order valence-corrected chi connectivity index (χ0v) is 11.4. The summed E-state index contributed by atoms with van der Waals surface area (Å²) < 4.78 is 14.8. The minimum atomic E-state index is -0.151. The molecular weight excluding hydrogens is 239 g/mol. The number of nitrogens with one attached hydrogen (secondary N) is 1. The summed E-state index contributed by atoms with van der Waals surface area (Å²) in [4.78, 5) is 3.19. The monoisotopic (exact) mass is 260 g/mol. The van der Waals surface area contributed by atoms with Crippen molar-refractivity contribution in [1.29, 1.82) is 0 Å². The van der Waals surface area contributed by atoms with Crippen LogP contribution in [-0.2, 0) is 5.41 Å². The highest BCUT2D eigenvalue weighted by Crippen LogP contribution is 2.41. The van der Waals surface area contributed by atoms with Crippen LogP contribution in [-0.4, -0.2) is 11.5 Å². The number of aromatic amines is 1. The van der Waals surface area contributed by atoms with Gasteiger partial charge in [-0.05, 0) is 37.5 Å². The van der Waals surface area contributed by atoms with Gasteiger partial charge in [0.15, 0.2) is 0 Å². The fraction of sp³-hybridized carbons (Fsp3) is 0.500. The molecule has 0 aliphatic heterocycles. The van der Waals surface area contributed by atoms with Gasteiger partial charge in [-0.25, -0.2) is 4.39 Å². The Bertz CT molecular complexity index is 594. The Hall–Kier alpha value is -1.35. The molecule has 0 radical (unpaired) electrons. The standard InChI is InChI=1S/C16H21FN2/c1-11-9-12-14(19-11)6-5-13(15(12)17)16(10-18)7-3-2-4-8-16/h5-6,9,19H,2-4,7-8,10,18H2,1H3. The lowest BCUT2D eigenvalue weighted by Crippen LogP contribution is -2.38. The Labute approximate surface area is 113 Å². The summed E-state index contributed by atoms with van der Waals surface area (Å²) in [5.41, 5.74) is 8.56. The number of hydrogen-bond acceptors (Lipinski definition) is 1. The topological polar surface area (TPSA) is 41.8 Å². The lowest BCUT2D eigenvalue weighted by molar-refractivity contribution is 0.292.